The molecule has 2 aromatic heterocycles. The zero-order chi connectivity index (χ0) is 31.5. The van der Waals surface area contributed by atoms with Gasteiger partial charge in [0.1, 0.15) is 11.9 Å². The molecule has 0 aliphatic carbocycles. The van der Waals surface area contributed by atoms with Crippen molar-refractivity contribution in [1.82, 2.24) is 24.6 Å². The molecule has 44 heavy (non-hydrogen) atoms. The first-order valence-electron chi connectivity index (χ1n) is 13.7. The Morgan fingerprint density at radius 1 is 1.05 bits per heavy atom. The Labute approximate surface area is 251 Å². The number of aromatic nitrogens is 3. The number of alkyl halides is 3. The number of sulfonamides is 1. The van der Waals surface area contributed by atoms with Gasteiger partial charge in [0.25, 0.3) is 0 Å². The highest BCUT2D eigenvalue weighted by molar-refractivity contribution is 7.89. The van der Waals surface area contributed by atoms with Crippen LogP contribution >= 0.6 is 0 Å². The molecule has 1 amide bonds. The summed E-state index contributed by atoms with van der Waals surface area (Å²) in [5.74, 6) is -0.964. The number of carbonyl (C=O) groups excluding carboxylic acids is 1. The number of pyridine rings is 1. The van der Waals surface area contributed by atoms with E-state index in [1.165, 1.54) is 12.1 Å². The third-order valence-electron chi connectivity index (χ3n) is 7.13. The van der Waals surface area contributed by atoms with E-state index in [4.69, 9.17) is 0 Å². The topological polar surface area (TPSA) is 117 Å². The van der Waals surface area contributed by atoms with Crippen molar-refractivity contribution >= 4 is 21.9 Å². The molecule has 14 heteroatoms. The number of anilines is 1. The summed E-state index contributed by atoms with van der Waals surface area (Å²) in [5, 5.41) is 5.88. The lowest BCUT2D eigenvalue weighted by atomic mass is 10.1. The number of nitrogens with zero attached hydrogens (tertiary/aromatic N) is 4. The zero-order valence-corrected chi connectivity index (χ0v) is 24.2. The Hall–Kier alpha value is -4.43. The average molecular weight is 629 g/mol. The lowest BCUT2D eigenvalue weighted by Crippen LogP contribution is -2.45. The third-order valence-corrected chi connectivity index (χ3v) is 9.06. The van der Waals surface area contributed by atoms with Crippen LogP contribution in [0, 0.1) is 5.82 Å². The molecule has 4 aromatic rings. The second kappa shape index (κ2) is 12.7. The molecule has 2 atom stereocenters. The highest BCUT2D eigenvalue weighted by Crippen LogP contribution is 2.31. The molecule has 3 heterocycles. The van der Waals surface area contributed by atoms with Gasteiger partial charge in [0.2, 0.25) is 21.9 Å². The van der Waals surface area contributed by atoms with Crippen LogP contribution in [0.2, 0.25) is 0 Å². The van der Waals surface area contributed by atoms with Crippen molar-refractivity contribution in [3.63, 3.8) is 0 Å². The fraction of sp³-hybridized carbons (Fsp3) is 0.267. The molecule has 2 aromatic carbocycles. The average Bonchev–Trinajstić information content (AvgIpc) is 3.52. The minimum absolute atomic E-state index is 0.109. The van der Waals surface area contributed by atoms with Gasteiger partial charge in [-0.15, -0.1) is 0 Å². The molecular weight excluding hydrogens is 600 g/mol. The monoisotopic (exact) mass is 628 g/mol. The molecule has 0 radical (unpaired) electrons. The number of halogens is 4. The van der Waals surface area contributed by atoms with Crippen LogP contribution in [0.15, 0.2) is 83.9 Å². The Morgan fingerprint density at radius 2 is 1.77 bits per heavy atom. The predicted molar refractivity (Wildman–Crippen MR) is 154 cm³/mol. The standard InChI is InChI=1S/C30H28F4N6O3S/c1-19(25-5-2-3-15-35-25)37-29-38-23(17-26(39-29)20-7-9-21(10-8-20)30(32,33)34)18-36-28(41)27-6-4-16-40(27)44(42,43)24-13-11-22(31)12-14-24/h2-3,5,7-15,17,19,27H,4,6,16,18H2,1H3,(H,36,41)(H,37,38,39). The van der Waals surface area contributed by atoms with Gasteiger partial charge in [-0.25, -0.2) is 22.8 Å². The molecule has 0 bridgehead atoms. The van der Waals surface area contributed by atoms with E-state index >= 15 is 0 Å². The smallest absolute Gasteiger partial charge is 0.349 e. The number of rotatable bonds is 9. The molecule has 2 N–H and O–H groups in total. The summed E-state index contributed by atoms with van der Waals surface area (Å²) in [6.07, 6.45) is -2.11. The molecule has 0 saturated carbocycles. The van der Waals surface area contributed by atoms with Crippen molar-refractivity contribution in [3.05, 3.63) is 102 Å². The van der Waals surface area contributed by atoms with Gasteiger partial charge in [-0.1, -0.05) is 18.2 Å². The maximum Gasteiger partial charge on any atom is 0.416 e. The summed E-state index contributed by atoms with van der Waals surface area (Å²) < 4.78 is 80.3. The predicted octanol–water partition coefficient (Wildman–Crippen LogP) is 5.34. The van der Waals surface area contributed by atoms with Crippen LogP contribution in [0.3, 0.4) is 0 Å². The van der Waals surface area contributed by atoms with E-state index in [9.17, 15) is 30.8 Å². The molecule has 9 nitrogen and oxygen atoms in total. The Kier molecular flexibility index (Phi) is 8.92. The van der Waals surface area contributed by atoms with E-state index in [1.54, 1.807) is 18.3 Å². The van der Waals surface area contributed by atoms with Crippen molar-refractivity contribution in [2.75, 3.05) is 11.9 Å². The number of nitrogens with one attached hydrogen (secondary N) is 2. The SMILES string of the molecule is CC(Nc1nc(CNC(=O)C2CCCN2S(=O)(=O)c2ccc(F)cc2)cc(-c2ccc(C(F)(F)F)cc2)n1)c1ccccn1. The van der Waals surface area contributed by atoms with Crippen LogP contribution in [0.1, 0.15) is 42.8 Å². The molecule has 1 saturated heterocycles. The first kappa shape index (κ1) is 31.0. The van der Waals surface area contributed by atoms with E-state index in [2.05, 4.69) is 25.6 Å². The largest absolute Gasteiger partial charge is 0.416 e. The number of hydrogen-bond acceptors (Lipinski definition) is 7. The summed E-state index contributed by atoms with van der Waals surface area (Å²) in [4.78, 5) is 26.4. The van der Waals surface area contributed by atoms with Gasteiger partial charge >= 0.3 is 6.18 Å². The minimum atomic E-state index is -4.50. The summed E-state index contributed by atoms with van der Waals surface area (Å²) in [6, 6.07) is 14.6. The molecule has 5 rings (SSSR count). The molecule has 1 fully saturated rings. The van der Waals surface area contributed by atoms with Crippen LogP contribution < -0.4 is 10.6 Å². The Balaban J connectivity index is 1.38. The number of hydrogen-bond donors (Lipinski definition) is 2. The van der Waals surface area contributed by atoms with Gasteiger partial charge in [-0.3, -0.25) is 9.78 Å². The lowest BCUT2D eigenvalue weighted by molar-refractivity contribution is -0.137. The number of amides is 1. The highest BCUT2D eigenvalue weighted by atomic mass is 32.2. The van der Waals surface area contributed by atoms with Crippen LogP contribution in [-0.2, 0) is 27.5 Å². The van der Waals surface area contributed by atoms with Crippen molar-refractivity contribution in [2.45, 2.75) is 49.5 Å². The molecule has 1 aliphatic rings. The first-order valence-corrected chi connectivity index (χ1v) is 15.1. The third kappa shape index (κ3) is 7.03. The number of carbonyl (C=O) groups is 1. The summed E-state index contributed by atoms with van der Waals surface area (Å²) in [7, 11) is -4.05. The van der Waals surface area contributed by atoms with Gasteiger partial charge in [-0.05, 0) is 74.4 Å². The van der Waals surface area contributed by atoms with Crippen molar-refractivity contribution in [1.29, 1.82) is 0 Å². The first-order chi connectivity index (χ1) is 20.9. The maximum absolute atomic E-state index is 13.4. The van der Waals surface area contributed by atoms with Crippen LogP contribution in [-0.4, -0.2) is 46.2 Å². The van der Waals surface area contributed by atoms with Gasteiger partial charge in [0.05, 0.1) is 40.1 Å². The Morgan fingerprint density at radius 3 is 2.43 bits per heavy atom. The second-order valence-corrected chi connectivity index (χ2v) is 12.1. The van der Waals surface area contributed by atoms with E-state index < -0.39 is 39.5 Å². The van der Waals surface area contributed by atoms with E-state index in [0.29, 0.717) is 35.5 Å². The molecule has 0 spiro atoms. The van der Waals surface area contributed by atoms with Crippen LogP contribution in [0.25, 0.3) is 11.3 Å². The van der Waals surface area contributed by atoms with Gasteiger partial charge in [0, 0.05) is 18.3 Å². The van der Waals surface area contributed by atoms with Crippen LogP contribution in [0.4, 0.5) is 23.5 Å². The quantitative estimate of drug-likeness (QED) is 0.241. The molecular formula is C30H28F4N6O3S. The van der Waals surface area contributed by atoms with Crippen LogP contribution in [0.5, 0.6) is 0 Å². The molecule has 1 aliphatic heterocycles. The normalized spacial score (nSPS) is 16.4. The summed E-state index contributed by atoms with van der Waals surface area (Å²) >= 11 is 0. The summed E-state index contributed by atoms with van der Waals surface area (Å²) in [5.41, 5.74) is 0.949. The second-order valence-electron chi connectivity index (χ2n) is 10.2. The number of benzene rings is 2. The molecule has 230 valence electrons. The van der Waals surface area contributed by atoms with Crippen molar-refractivity contribution in [3.8, 4) is 11.3 Å². The fourth-order valence-corrected chi connectivity index (χ4v) is 6.51. The van der Waals surface area contributed by atoms with Crippen molar-refractivity contribution < 1.29 is 30.8 Å². The van der Waals surface area contributed by atoms with E-state index in [1.807, 2.05) is 19.1 Å². The minimum Gasteiger partial charge on any atom is -0.349 e. The lowest BCUT2D eigenvalue weighted by Gasteiger charge is -2.23. The maximum atomic E-state index is 13.4. The van der Waals surface area contributed by atoms with Crippen molar-refractivity contribution in [2.24, 2.45) is 0 Å². The van der Waals surface area contributed by atoms with E-state index in [0.717, 1.165) is 40.7 Å². The highest BCUT2D eigenvalue weighted by Gasteiger charge is 2.39. The van der Waals surface area contributed by atoms with E-state index in [-0.39, 0.29) is 30.0 Å². The van der Waals surface area contributed by atoms with Gasteiger partial charge in [-0.2, -0.15) is 17.5 Å². The zero-order valence-electron chi connectivity index (χ0n) is 23.4. The van der Waals surface area contributed by atoms with Gasteiger partial charge < -0.3 is 10.6 Å². The Bertz CT molecular complexity index is 1720. The molecule has 2 unspecified atom stereocenters. The summed E-state index contributed by atoms with van der Waals surface area (Å²) in [6.45, 7) is 1.86. The van der Waals surface area contributed by atoms with Gasteiger partial charge in [0.15, 0.2) is 0 Å². The fourth-order valence-electron chi connectivity index (χ4n) is 4.86.